The zero-order valence-electron chi connectivity index (χ0n) is 10.3. The van der Waals surface area contributed by atoms with Crippen molar-refractivity contribution in [3.05, 3.63) is 41.7 Å². The molecule has 0 bridgehead atoms. The molecule has 90 valence electrons. The number of aryl methyl sites for hydroxylation is 1. The fraction of sp³-hybridized carbons (Fsp3) is 0.385. The third kappa shape index (κ3) is 2.35. The molecule has 4 heteroatoms. The molecule has 0 radical (unpaired) electrons. The minimum absolute atomic E-state index is 0.257. The molecule has 0 spiro atoms. The van der Waals surface area contributed by atoms with Crippen LogP contribution in [-0.2, 0) is 0 Å². The van der Waals surface area contributed by atoms with E-state index in [4.69, 9.17) is 0 Å². The van der Waals surface area contributed by atoms with Crippen LogP contribution in [0.25, 0.3) is 5.69 Å². The lowest BCUT2D eigenvalue weighted by atomic mass is 9.98. The number of halogens is 1. The molecule has 17 heavy (non-hydrogen) atoms. The molecular formula is C13H16FN3. The monoisotopic (exact) mass is 233 g/mol. The number of rotatable bonds is 3. The van der Waals surface area contributed by atoms with Crippen LogP contribution in [0.2, 0.25) is 0 Å². The van der Waals surface area contributed by atoms with Gasteiger partial charge < -0.3 is 0 Å². The van der Waals surface area contributed by atoms with Gasteiger partial charge in [-0.15, -0.1) is 0 Å². The van der Waals surface area contributed by atoms with Crippen molar-refractivity contribution in [3.8, 4) is 5.69 Å². The molecule has 0 N–H and O–H groups in total. The molecule has 0 saturated heterocycles. The van der Waals surface area contributed by atoms with Crippen molar-refractivity contribution < 1.29 is 4.39 Å². The van der Waals surface area contributed by atoms with Crippen LogP contribution >= 0.6 is 0 Å². The number of nitrogens with zero attached hydrogens (tertiary/aromatic N) is 3. The summed E-state index contributed by atoms with van der Waals surface area (Å²) >= 11 is 0. The molecule has 0 aliphatic carbocycles. The smallest absolute Gasteiger partial charge is 0.149 e. The van der Waals surface area contributed by atoms with Gasteiger partial charge in [-0.2, -0.15) is 5.10 Å². The van der Waals surface area contributed by atoms with Crippen molar-refractivity contribution >= 4 is 0 Å². The SMILES string of the molecule is CCC(C)c1ccc(-n2cnc(C)n2)c(F)c1. The molecule has 2 rings (SSSR count). The standard InChI is InChI=1S/C13H16FN3/c1-4-9(2)11-5-6-13(12(14)7-11)17-8-15-10(3)16-17/h5-9H,4H2,1-3H3. The second kappa shape index (κ2) is 4.65. The molecule has 1 aromatic heterocycles. The van der Waals surface area contributed by atoms with E-state index in [2.05, 4.69) is 23.9 Å². The van der Waals surface area contributed by atoms with Gasteiger partial charge in [0.15, 0.2) is 0 Å². The topological polar surface area (TPSA) is 30.7 Å². The Hall–Kier alpha value is -1.71. The predicted octanol–water partition coefficient (Wildman–Crippen LogP) is 3.23. The van der Waals surface area contributed by atoms with Crippen molar-refractivity contribution in [1.82, 2.24) is 14.8 Å². The minimum Gasteiger partial charge on any atom is -0.220 e. The van der Waals surface area contributed by atoms with E-state index in [1.54, 1.807) is 19.1 Å². The first kappa shape index (κ1) is 11.8. The van der Waals surface area contributed by atoms with E-state index >= 15 is 0 Å². The molecule has 0 aliphatic rings. The van der Waals surface area contributed by atoms with Gasteiger partial charge in [0.2, 0.25) is 0 Å². The lowest BCUT2D eigenvalue weighted by Crippen LogP contribution is -2.01. The second-order valence-electron chi connectivity index (χ2n) is 4.26. The Morgan fingerprint density at radius 3 is 2.71 bits per heavy atom. The first-order valence-electron chi connectivity index (χ1n) is 5.80. The first-order valence-corrected chi connectivity index (χ1v) is 5.80. The van der Waals surface area contributed by atoms with E-state index in [-0.39, 0.29) is 5.82 Å². The quantitative estimate of drug-likeness (QED) is 0.814. The maximum atomic E-state index is 14.0. The Balaban J connectivity index is 2.38. The van der Waals surface area contributed by atoms with E-state index in [0.29, 0.717) is 17.4 Å². The molecule has 0 saturated carbocycles. The first-order chi connectivity index (χ1) is 8.11. The summed E-state index contributed by atoms with van der Waals surface area (Å²) in [6.07, 6.45) is 2.53. The molecule has 2 aromatic rings. The number of hydrogen-bond acceptors (Lipinski definition) is 2. The summed E-state index contributed by atoms with van der Waals surface area (Å²) in [5.41, 5.74) is 1.46. The van der Waals surface area contributed by atoms with Gasteiger partial charge in [-0.1, -0.05) is 19.9 Å². The fourth-order valence-electron chi connectivity index (χ4n) is 1.71. The van der Waals surface area contributed by atoms with Crippen LogP contribution in [0, 0.1) is 12.7 Å². The van der Waals surface area contributed by atoms with E-state index < -0.39 is 0 Å². The Labute approximate surface area is 100 Å². The van der Waals surface area contributed by atoms with Crippen LogP contribution in [0.3, 0.4) is 0 Å². The molecule has 0 amide bonds. The van der Waals surface area contributed by atoms with E-state index in [0.717, 1.165) is 12.0 Å². The highest BCUT2D eigenvalue weighted by atomic mass is 19.1. The minimum atomic E-state index is -0.257. The van der Waals surface area contributed by atoms with Gasteiger partial charge in [0.1, 0.15) is 23.7 Å². The normalized spacial score (nSPS) is 12.7. The molecule has 0 fully saturated rings. The van der Waals surface area contributed by atoms with Gasteiger partial charge in [-0.05, 0) is 37.0 Å². The maximum Gasteiger partial charge on any atom is 0.149 e. The van der Waals surface area contributed by atoms with Crippen LogP contribution < -0.4 is 0 Å². The van der Waals surface area contributed by atoms with Gasteiger partial charge >= 0.3 is 0 Å². The van der Waals surface area contributed by atoms with Crippen molar-refractivity contribution in [3.63, 3.8) is 0 Å². The summed E-state index contributed by atoms with van der Waals surface area (Å²) in [6.45, 7) is 5.97. The molecule has 1 atom stereocenters. The third-order valence-electron chi connectivity index (χ3n) is 3.01. The van der Waals surface area contributed by atoms with Crippen LogP contribution in [0.5, 0.6) is 0 Å². The summed E-state index contributed by atoms with van der Waals surface area (Å²) in [5, 5.41) is 4.10. The average Bonchev–Trinajstić information content (AvgIpc) is 2.74. The lowest BCUT2D eigenvalue weighted by Gasteiger charge is -2.10. The summed E-state index contributed by atoms with van der Waals surface area (Å²) in [7, 11) is 0. The number of benzene rings is 1. The van der Waals surface area contributed by atoms with E-state index in [9.17, 15) is 4.39 Å². The highest BCUT2D eigenvalue weighted by Crippen LogP contribution is 2.22. The van der Waals surface area contributed by atoms with Gasteiger partial charge in [0.25, 0.3) is 0 Å². The molecule has 1 heterocycles. The lowest BCUT2D eigenvalue weighted by molar-refractivity contribution is 0.603. The van der Waals surface area contributed by atoms with Crippen LogP contribution in [0.1, 0.15) is 37.6 Å². The summed E-state index contributed by atoms with van der Waals surface area (Å²) in [4.78, 5) is 3.99. The highest BCUT2D eigenvalue weighted by molar-refractivity contribution is 5.36. The Morgan fingerprint density at radius 2 is 2.18 bits per heavy atom. The molecular weight excluding hydrogens is 217 g/mol. The highest BCUT2D eigenvalue weighted by Gasteiger charge is 2.10. The zero-order valence-corrected chi connectivity index (χ0v) is 10.3. The van der Waals surface area contributed by atoms with Crippen molar-refractivity contribution in [1.29, 1.82) is 0 Å². The average molecular weight is 233 g/mol. The Bertz CT molecular complexity index is 519. The van der Waals surface area contributed by atoms with Crippen LogP contribution in [0.4, 0.5) is 4.39 Å². The largest absolute Gasteiger partial charge is 0.220 e. The maximum absolute atomic E-state index is 14.0. The van der Waals surface area contributed by atoms with Crippen molar-refractivity contribution in [2.24, 2.45) is 0 Å². The summed E-state index contributed by atoms with van der Waals surface area (Å²) in [5.74, 6) is 0.749. The molecule has 0 aliphatic heterocycles. The van der Waals surface area contributed by atoms with Gasteiger partial charge in [0.05, 0.1) is 0 Å². The molecule has 1 unspecified atom stereocenters. The van der Waals surface area contributed by atoms with Crippen molar-refractivity contribution in [2.75, 3.05) is 0 Å². The fourth-order valence-corrected chi connectivity index (χ4v) is 1.71. The van der Waals surface area contributed by atoms with Crippen molar-refractivity contribution in [2.45, 2.75) is 33.1 Å². The van der Waals surface area contributed by atoms with Gasteiger partial charge in [-0.25, -0.2) is 14.1 Å². The predicted molar refractivity (Wildman–Crippen MR) is 64.8 cm³/mol. The molecule has 3 nitrogen and oxygen atoms in total. The Kier molecular flexibility index (Phi) is 3.22. The second-order valence-corrected chi connectivity index (χ2v) is 4.26. The van der Waals surface area contributed by atoms with Crippen LogP contribution in [0.15, 0.2) is 24.5 Å². The number of hydrogen-bond donors (Lipinski definition) is 0. The van der Waals surface area contributed by atoms with Crippen LogP contribution in [-0.4, -0.2) is 14.8 Å². The van der Waals surface area contributed by atoms with E-state index in [1.807, 2.05) is 6.07 Å². The summed E-state index contributed by atoms with van der Waals surface area (Å²) in [6, 6.07) is 5.29. The zero-order chi connectivity index (χ0) is 12.4. The number of aromatic nitrogens is 3. The Morgan fingerprint density at radius 1 is 1.41 bits per heavy atom. The van der Waals surface area contributed by atoms with E-state index in [1.165, 1.54) is 11.0 Å². The summed E-state index contributed by atoms with van der Waals surface area (Å²) < 4.78 is 15.4. The molecule has 1 aromatic carbocycles. The third-order valence-corrected chi connectivity index (χ3v) is 3.01. The van der Waals surface area contributed by atoms with Gasteiger partial charge in [0, 0.05) is 0 Å². The van der Waals surface area contributed by atoms with Gasteiger partial charge in [-0.3, -0.25) is 0 Å².